The number of nitrogens with zero attached hydrogens (tertiary/aromatic N) is 2. The molecule has 2 rings (SSSR count). The minimum Gasteiger partial charge on any atom is -0.295 e. The summed E-state index contributed by atoms with van der Waals surface area (Å²) in [5, 5.41) is 0. The van der Waals surface area contributed by atoms with E-state index in [-0.39, 0.29) is 0 Å². The lowest BCUT2D eigenvalue weighted by Crippen LogP contribution is -1.85. The molecule has 0 N–H and O–H groups in total. The van der Waals surface area contributed by atoms with E-state index in [0.717, 1.165) is 15.8 Å². The van der Waals surface area contributed by atoms with Gasteiger partial charge in [-0.2, -0.15) is 0 Å². The van der Waals surface area contributed by atoms with Crippen LogP contribution >= 0.6 is 38.5 Å². The SMILES string of the molecule is Cc1nc2cc(Br)ccn2c1I. The number of pyridine rings is 1. The van der Waals surface area contributed by atoms with E-state index in [4.69, 9.17) is 0 Å². The maximum absolute atomic E-state index is 4.40. The van der Waals surface area contributed by atoms with Gasteiger partial charge in [0.05, 0.1) is 5.69 Å². The maximum atomic E-state index is 4.40. The summed E-state index contributed by atoms with van der Waals surface area (Å²) in [6.45, 7) is 2.02. The third-order valence-electron chi connectivity index (χ3n) is 1.69. The number of imidazole rings is 1. The van der Waals surface area contributed by atoms with Gasteiger partial charge in [0.1, 0.15) is 9.35 Å². The van der Waals surface area contributed by atoms with Crippen LogP contribution in [-0.2, 0) is 0 Å². The predicted molar refractivity (Wildman–Crippen MR) is 60.3 cm³/mol. The van der Waals surface area contributed by atoms with E-state index in [1.54, 1.807) is 0 Å². The smallest absolute Gasteiger partial charge is 0.138 e. The van der Waals surface area contributed by atoms with Crippen molar-refractivity contribution in [3.8, 4) is 0 Å². The molecule has 62 valence electrons. The van der Waals surface area contributed by atoms with E-state index >= 15 is 0 Å². The van der Waals surface area contributed by atoms with Crippen LogP contribution in [0.4, 0.5) is 0 Å². The topological polar surface area (TPSA) is 17.3 Å². The second-order valence-corrected chi connectivity index (χ2v) is 4.50. The predicted octanol–water partition coefficient (Wildman–Crippen LogP) is 3.01. The van der Waals surface area contributed by atoms with Crippen molar-refractivity contribution >= 4 is 44.2 Å². The van der Waals surface area contributed by atoms with Gasteiger partial charge in [-0.1, -0.05) is 15.9 Å². The highest BCUT2D eigenvalue weighted by Crippen LogP contribution is 2.17. The normalized spacial score (nSPS) is 10.9. The van der Waals surface area contributed by atoms with Crippen molar-refractivity contribution in [3.05, 3.63) is 32.2 Å². The highest BCUT2D eigenvalue weighted by Gasteiger charge is 2.04. The molecular formula is C8H6BrIN2. The third-order valence-corrected chi connectivity index (χ3v) is 3.48. The van der Waals surface area contributed by atoms with E-state index in [2.05, 4.69) is 47.9 Å². The molecule has 0 aliphatic rings. The van der Waals surface area contributed by atoms with E-state index in [1.807, 2.05) is 25.3 Å². The number of fused-ring (bicyclic) bond motifs is 1. The Morgan fingerprint density at radius 2 is 2.33 bits per heavy atom. The first-order valence-electron chi connectivity index (χ1n) is 3.48. The highest BCUT2D eigenvalue weighted by molar-refractivity contribution is 14.1. The van der Waals surface area contributed by atoms with Crippen molar-refractivity contribution in [2.75, 3.05) is 0 Å². The minimum absolute atomic E-state index is 0.992. The number of hydrogen-bond acceptors (Lipinski definition) is 1. The number of aromatic nitrogens is 2. The lowest BCUT2D eigenvalue weighted by Gasteiger charge is -1.94. The number of hydrogen-bond donors (Lipinski definition) is 0. The average Bonchev–Trinajstić information content (AvgIpc) is 2.28. The van der Waals surface area contributed by atoms with Crippen LogP contribution in [0.2, 0.25) is 0 Å². The third kappa shape index (κ3) is 1.26. The monoisotopic (exact) mass is 336 g/mol. The van der Waals surface area contributed by atoms with Crippen LogP contribution in [-0.4, -0.2) is 9.38 Å². The Morgan fingerprint density at radius 3 is 3.08 bits per heavy atom. The molecule has 0 aliphatic carbocycles. The molecule has 4 heteroatoms. The molecule has 2 aromatic heterocycles. The zero-order valence-corrected chi connectivity index (χ0v) is 10.1. The molecular weight excluding hydrogens is 331 g/mol. The largest absolute Gasteiger partial charge is 0.295 e. The number of halogens is 2. The quantitative estimate of drug-likeness (QED) is 0.676. The molecule has 0 saturated carbocycles. The molecule has 0 saturated heterocycles. The standard InChI is InChI=1S/C8H6BrIN2/c1-5-8(10)12-3-2-6(9)4-7(12)11-5/h2-4H,1H3. The Morgan fingerprint density at radius 1 is 1.58 bits per heavy atom. The first-order chi connectivity index (χ1) is 5.68. The van der Waals surface area contributed by atoms with E-state index < -0.39 is 0 Å². The summed E-state index contributed by atoms with van der Waals surface area (Å²) in [7, 11) is 0. The van der Waals surface area contributed by atoms with Gasteiger partial charge in [-0.15, -0.1) is 0 Å². The van der Waals surface area contributed by atoms with Crippen LogP contribution in [0.15, 0.2) is 22.8 Å². The molecule has 0 amide bonds. The fourth-order valence-electron chi connectivity index (χ4n) is 1.11. The first kappa shape index (κ1) is 8.50. The highest BCUT2D eigenvalue weighted by atomic mass is 127. The summed E-state index contributed by atoms with van der Waals surface area (Å²) in [5.74, 6) is 0. The Kier molecular flexibility index (Phi) is 2.12. The van der Waals surface area contributed by atoms with Gasteiger partial charge in [0.15, 0.2) is 0 Å². The lowest BCUT2D eigenvalue weighted by molar-refractivity contribution is 1.14. The minimum atomic E-state index is 0.992. The van der Waals surface area contributed by atoms with Crippen LogP contribution in [0, 0.1) is 10.6 Å². The van der Waals surface area contributed by atoms with E-state index in [9.17, 15) is 0 Å². The Labute approximate surface area is 92.3 Å². The first-order valence-corrected chi connectivity index (χ1v) is 5.35. The molecule has 0 unspecified atom stereocenters. The van der Waals surface area contributed by atoms with Crippen LogP contribution in [0.5, 0.6) is 0 Å². The lowest BCUT2D eigenvalue weighted by atomic mass is 10.5. The Bertz CT molecular complexity index is 436. The fraction of sp³-hybridized carbons (Fsp3) is 0.125. The van der Waals surface area contributed by atoms with E-state index in [1.165, 1.54) is 3.70 Å². The summed E-state index contributed by atoms with van der Waals surface area (Å²) in [6, 6.07) is 4.02. The van der Waals surface area contributed by atoms with Gasteiger partial charge in [-0.3, -0.25) is 4.40 Å². The maximum Gasteiger partial charge on any atom is 0.138 e. The molecule has 2 heterocycles. The summed E-state index contributed by atoms with van der Waals surface area (Å²) in [5.41, 5.74) is 2.07. The molecule has 2 nitrogen and oxygen atoms in total. The second-order valence-electron chi connectivity index (χ2n) is 2.56. The van der Waals surface area contributed by atoms with Crippen LogP contribution in [0.1, 0.15) is 5.69 Å². The fourth-order valence-corrected chi connectivity index (χ4v) is 1.96. The van der Waals surface area contributed by atoms with Crippen molar-refractivity contribution in [2.45, 2.75) is 6.92 Å². The zero-order valence-electron chi connectivity index (χ0n) is 6.38. The van der Waals surface area contributed by atoms with E-state index in [0.29, 0.717) is 0 Å². The van der Waals surface area contributed by atoms with Gasteiger partial charge in [-0.05, 0) is 41.6 Å². The summed E-state index contributed by atoms with van der Waals surface area (Å²) in [6.07, 6.45) is 2.02. The molecule has 0 bridgehead atoms. The van der Waals surface area contributed by atoms with Crippen molar-refractivity contribution in [1.29, 1.82) is 0 Å². The van der Waals surface area contributed by atoms with Crippen molar-refractivity contribution in [1.82, 2.24) is 9.38 Å². The zero-order chi connectivity index (χ0) is 8.72. The van der Waals surface area contributed by atoms with Gasteiger partial charge in [0, 0.05) is 10.7 Å². The van der Waals surface area contributed by atoms with Crippen molar-refractivity contribution in [3.63, 3.8) is 0 Å². The van der Waals surface area contributed by atoms with Gasteiger partial charge >= 0.3 is 0 Å². The Hall–Kier alpha value is -0.100. The second kappa shape index (κ2) is 2.99. The Balaban J connectivity index is 2.87. The number of aryl methyl sites for hydroxylation is 1. The molecule has 0 spiro atoms. The molecule has 0 radical (unpaired) electrons. The van der Waals surface area contributed by atoms with Gasteiger partial charge in [0.2, 0.25) is 0 Å². The van der Waals surface area contributed by atoms with Gasteiger partial charge < -0.3 is 0 Å². The number of rotatable bonds is 0. The molecule has 0 atom stereocenters. The van der Waals surface area contributed by atoms with Crippen molar-refractivity contribution < 1.29 is 0 Å². The molecule has 0 fully saturated rings. The summed E-state index contributed by atoms with van der Waals surface area (Å²) >= 11 is 5.71. The molecule has 0 aliphatic heterocycles. The van der Waals surface area contributed by atoms with Crippen LogP contribution < -0.4 is 0 Å². The van der Waals surface area contributed by atoms with Crippen molar-refractivity contribution in [2.24, 2.45) is 0 Å². The molecule has 2 aromatic rings. The average molecular weight is 337 g/mol. The van der Waals surface area contributed by atoms with Crippen LogP contribution in [0.3, 0.4) is 0 Å². The molecule has 12 heavy (non-hydrogen) atoms. The van der Waals surface area contributed by atoms with Gasteiger partial charge in [0.25, 0.3) is 0 Å². The van der Waals surface area contributed by atoms with Gasteiger partial charge in [-0.25, -0.2) is 4.98 Å². The molecule has 0 aromatic carbocycles. The summed E-state index contributed by atoms with van der Waals surface area (Å²) in [4.78, 5) is 4.40. The summed E-state index contributed by atoms with van der Waals surface area (Å²) < 4.78 is 4.31. The van der Waals surface area contributed by atoms with Crippen LogP contribution in [0.25, 0.3) is 5.65 Å².